The Morgan fingerprint density at radius 1 is 1.18 bits per heavy atom. The van der Waals surface area contributed by atoms with Gasteiger partial charge in [0.1, 0.15) is 6.04 Å². The lowest BCUT2D eigenvalue weighted by atomic mass is 10.1. The Morgan fingerprint density at radius 3 is 2.50 bits per heavy atom. The van der Waals surface area contributed by atoms with Crippen LogP contribution in [-0.4, -0.2) is 54.5 Å². The van der Waals surface area contributed by atoms with Crippen LogP contribution < -0.4 is 0 Å². The minimum Gasteiger partial charge on any atom is -0.456 e. The second kappa shape index (κ2) is 7.89. The van der Waals surface area contributed by atoms with Crippen LogP contribution in [0.3, 0.4) is 0 Å². The normalized spacial score (nSPS) is 17.6. The Bertz CT molecular complexity index is 995. The summed E-state index contributed by atoms with van der Waals surface area (Å²) in [6, 6.07) is 10.6. The summed E-state index contributed by atoms with van der Waals surface area (Å²) in [5.74, 6) is -0.985. The molecule has 1 unspecified atom stereocenters. The van der Waals surface area contributed by atoms with E-state index in [1.54, 1.807) is 6.07 Å². The predicted molar refractivity (Wildman–Crippen MR) is 105 cm³/mol. The molecule has 1 aromatic carbocycles. The molecule has 0 aliphatic carbocycles. The third-order valence-corrected chi connectivity index (χ3v) is 6.28. The summed E-state index contributed by atoms with van der Waals surface area (Å²) in [6.07, 6.45) is 2.07. The highest BCUT2D eigenvalue weighted by Gasteiger charge is 2.37. The van der Waals surface area contributed by atoms with Gasteiger partial charge in [-0.2, -0.15) is 4.31 Å². The van der Waals surface area contributed by atoms with E-state index in [0.29, 0.717) is 24.9 Å². The van der Waals surface area contributed by atoms with Crippen molar-refractivity contribution in [3.8, 4) is 5.69 Å². The van der Waals surface area contributed by atoms with E-state index in [1.165, 1.54) is 0 Å². The number of benzene rings is 1. The number of nitrogens with zero attached hydrogens (tertiary/aromatic N) is 2. The Labute approximate surface area is 165 Å². The summed E-state index contributed by atoms with van der Waals surface area (Å²) < 4.78 is 31.8. The minimum atomic E-state index is -3.48. The van der Waals surface area contributed by atoms with E-state index in [0.717, 1.165) is 27.6 Å². The molecule has 1 aliphatic rings. The number of rotatable bonds is 6. The molecule has 0 N–H and O–H groups in total. The summed E-state index contributed by atoms with van der Waals surface area (Å²) in [7, 11) is -3.48. The first-order chi connectivity index (χ1) is 13.2. The van der Waals surface area contributed by atoms with E-state index < -0.39 is 28.6 Å². The number of ether oxygens (including phenoxy) is 1. The number of carbonyl (C=O) groups is 2. The van der Waals surface area contributed by atoms with Crippen LogP contribution in [0.1, 0.15) is 34.6 Å². The van der Waals surface area contributed by atoms with Crippen molar-refractivity contribution in [2.24, 2.45) is 0 Å². The number of para-hydroxylation sites is 1. The van der Waals surface area contributed by atoms with Crippen LogP contribution in [0.5, 0.6) is 0 Å². The van der Waals surface area contributed by atoms with Gasteiger partial charge in [-0.25, -0.2) is 8.42 Å². The van der Waals surface area contributed by atoms with Gasteiger partial charge in [0.15, 0.2) is 6.61 Å². The van der Waals surface area contributed by atoms with Crippen LogP contribution in [0.2, 0.25) is 0 Å². The van der Waals surface area contributed by atoms with Crippen molar-refractivity contribution in [1.82, 2.24) is 8.87 Å². The quantitative estimate of drug-likeness (QED) is 0.544. The number of Topliss-reactive ketones (excluding diaryl/α,β-unsaturated/α-hetero) is 1. The van der Waals surface area contributed by atoms with Gasteiger partial charge < -0.3 is 9.30 Å². The Hall–Kier alpha value is -2.45. The average Bonchev–Trinajstić information content (AvgIpc) is 3.25. The zero-order valence-corrected chi connectivity index (χ0v) is 17.0. The fourth-order valence-electron chi connectivity index (χ4n) is 3.70. The number of carbonyl (C=O) groups excluding carboxylic acids is 2. The molecule has 0 spiro atoms. The third-order valence-electron chi connectivity index (χ3n) is 4.99. The number of sulfonamides is 1. The molecule has 1 aliphatic heterocycles. The zero-order valence-electron chi connectivity index (χ0n) is 16.2. The fraction of sp³-hybridized carbons (Fsp3) is 0.400. The van der Waals surface area contributed by atoms with Gasteiger partial charge in [-0.3, -0.25) is 9.59 Å². The first-order valence-electron chi connectivity index (χ1n) is 9.11. The number of hydrogen-bond acceptors (Lipinski definition) is 5. The molecule has 1 fully saturated rings. The molecule has 1 aromatic heterocycles. The van der Waals surface area contributed by atoms with E-state index in [2.05, 4.69) is 0 Å². The first kappa shape index (κ1) is 20.3. The Balaban J connectivity index is 1.72. The molecule has 1 atom stereocenters. The van der Waals surface area contributed by atoms with Crippen LogP contribution in [-0.2, 0) is 19.6 Å². The molecule has 8 heteroatoms. The van der Waals surface area contributed by atoms with Crippen LogP contribution in [0.15, 0.2) is 36.4 Å². The minimum absolute atomic E-state index is 0.296. The molecule has 3 rings (SSSR count). The summed E-state index contributed by atoms with van der Waals surface area (Å²) in [4.78, 5) is 25.0. The monoisotopic (exact) mass is 404 g/mol. The van der Waals surface area contributed by atoms with Crippen molar-refractivity contribution in [1.29, 1.82) is 0 Å². The molecular formula is C20H24N2O5S. The Morgan fingerprint density at radius 2 is 1.86 bits per heavy atom. The highest BCUT2D eigenvalue weighted by Crippen LogP contribution is 2.23. The van der Waals surface area contributed by atoms with Gasteiger partial charge in [0.25, 0.3) is 0 Å². The van der Waals surface area contributed by atoms with E-state index in [9.17, 15) is 18.0 Å². The van der Waals surface area contributed by atoms with Crippen LogP contribution in [0.4, 0.5) is 0 Å². The maximum absolute atomic E-state index is 12.6. The molecule has 0 saturated carbocycles. The van der Waals surface area contributed by atoms with Gasteiger partial charge in [0, 0.05) is 29.2 Å². The van der Waals surface area contributed by atoms with E-state index >= 15 is 0 Å². The summed E-state index contributed by atoms with van der Waals surface area (Å²) in [5.41, 5.74) is 3.10. The zero-order chi connectivity index (χ0) is 20.5. The van der Waals surface area contributed by atoms with Crippen molar-refractivity contribution >= 4 is 21.8 Å². The van der Waals surface area contributed by atoms with Crippen molar-refractivity contribution < 1.29 is 22.7 Å². The molecule has 0 bridgehead atoms. The lowest BCUT2D eigenvalue weighted by Gasteiger charge is -2.20. The lowest BCUT2D eigenvalue weighted by Crippen LogP contribution is -2.41. The van der Waals surface area contributed by atoms with E-state index in [1.807, 2.05) is 48.7 Å². The topological polar surface area (TPSA) is 85.7 Å². The molecule has 1 saturated heterocycles. The van der Waals surface area contributed by atoms with Crippen molar-refractivity contribution in [3.63, 3.8) is 0 Å². The van der Waals surface area contributed by atoms with Crippen molar-refractivity contribution in [3.05, 3.63) is 53.3 Å². The summed E-state index contributed by atoms with van der Waals surface area (Å²) in [5, 5.41) is 0. The predicted octanol–water partition coefficient (Wildman–Crippen LogP) is 2.24. The number of esters is 1. The Kier molecular flexibility index (Phi) is 5.71. The fourth-order valence-corrected chi connectivity index (χ4v) is 4.82. The molecule has 150 valence electrons. The molecule has 7 nitrogen and oxygen atoms in total. The van der Waals surface area contributed by atoms with Crippen molar-refractivity contribution in [2.45, 2.75) is 32.7 Å². The van der Waals surface area contributed by atoms with E-state index in [4.69, 9.17) is 4.74 Å². The lowest BCUT2D eigenvalue weighted by molar-refractivity contribution is -0.146. The summed E-state index contributed by atoms with van der Waals surface area (Å²) >= 11 is 0. The molecule has 2 aromatic rings. The van der Waals surface area contributed by atoms with Gasteiger partial charge in [-0.15, -0.1) is 0 Å². The summed E-state index contributed by atoms with van der Waals surface area (Å²) in [6.45, 7) is 3.64. The molecule has 2 heterocycles. The second-order valence-electron chi connectivity index (χ2n) is 7.02. The maximum Gasteiger partial charge on any atom is 0.324 e. The highest BCUT2D eigenvalue weighted by atomic mass is 32.2. The molecule has 0 amide bonds. The second-order valence-corrected chi connectivity index (χ2v) is 8.95. The number of aryl methyl sites for hydroxylation is 1. The standard InChI is InChI=1S/C20H24N2O5S/c1-14-12-17(15(2)22(14)16-8-5-4-6-9-16)19(23)13-27-20(24)18-10-7-11-21(18)28(3,25)26/h4-6,8-9,12,18H,7,10-11,13H2,1-3H3. The van der Waals surface area contributed by atoms with E-state index in [-0.39, 0.29) is 5.78 Å². The molecule has 0 radical (unpaired) electrons. The third kappa shape index (κ3) is 4.02. The van der Waals surface area contributed by atoms with Gasteiger partial charge >= 0.3 is 5.97 Å². The first-order valence-corrected chi connectivity index (χ1v) is 11.0. The number of hydrogen-bond donors (Lipinski definition) is 0. The maximum atomic E-state index is 12.6. The highest BCUT2D eigenvalue weighted by molar-refractivity contribution is 7.88. The molecular weight excluding hydrogens is 380 g/mol. The van der Waals surface area contributed by atoms with Gasteiger partial charge in [-0.1, -0.05) is 18.2 Å². The SMILES string of the molecule is Cc1cc(C(=O)COC(=O)C2CCCN2S(C)(=O)=O)c(C)n1-c1ccccc1. The van der Waals surface area contributed by atoms with Gasteiger partial charge in [0.05, 0.1) is 6.26 Å². The van der Waals surface area contributed by atoms with Crippen LogP contribution in [0.25, 0.3) is 5.69 Å². The number of aromatic nitrogens is 1. The number of ketones is 1. The van der Waals surface area contributed by atoms with Crippen LogP contribution >= 0.6 is 0 Å². The van der Waals surface area contributed by atoms with Gasteiger partial charge in [0.2, 0.25) is 15.8 Å². The molecule has 28 heavy (non-hydrogen) atoms. The van der Waals surface area contributed by atoms with Gasteiger partial charge in [-0.05, 0) is 44.9 Å². The smallest absolute Gasteiger partial charge is 0.324 e. The van der Waals surface area contributed by atoms with Crippen molar-refractivity contribution in [2.75, 3.05) is 19.4 Å². The largest absolute Gasteiger partial charge is 0.456 e. The average molecular weight is 404 g/mol. The van der Waals surface area contributed by atoms with Crippen LogP contribution in [0, 0.1) is 13.8 Å².